The first-order valence-corrected chi connectivity index (χ1v) is 6.35. The molecular weight excluding hydrogens is 277 g/mol. The molecule has 0 spiro atoms. The van der Waals surface area contributed by atoms with E-state index >= 15 is 0 Å². The quantitative estimate of drug-likeness (QED) is 0.784. The van der Waals surface area contributed by atoms with Gasteiger partial charge in [-0.15, -0.1) is 11.6 Å². The van der Waals surface area contributed by atoms with Crippen LogP contribution in [-0.2, 0) is 0 Å². The molecule has 0 radical (unpaired) electrons. The van der Waals surface area contributed by atoms with Crippen LogP contribution in [-0.4, -0.2) is 28.4 Å². The maximum atomic E-state index is 5.91. The highest BCUT2D eigenvalue weighted by atomic mass is 79.9. The minimum absolute atomic E-state index is 0.434. The summed E-state index contributed by atoms with van der Waals surface area (Å²) in [5, 5.41) is 0. The Kier molecular flexibility index (Phi) is 3.46. The largest absolute Gasteiger partial charge is 0.338 e. The minimum atomic E-state index is 0.434. The molecule has 3 nitrogen and oxygen atoms in total. The van der Waals surface area contributed by atoms with E-state index in [4.69, 9.17) is 11.6 Å². The predicted octanol–water partition coefficient (Wildman–Crippen LogP) is 2.69. The number of alkyl halides is 1. The lowest BCUT2D eigenvalue weighted by Gasteiger charge is -2.23. The summed E-state index contributed by atoms with van der Waals surface area (Å²) in [6.45, 7) is 3.19. The van der Waals surface area contributed by atoms with Gasteiger partial charge in [0.1, 0.15) is 0 Å². The Balaban J connectivity index is 2.15. The van der Waals surface area contributed by atoms with Crippen molar-refractivity contribution >= 4 is 33.5 Å². The van der Waals surface area contributed by atoms with E-state index in [-0.39, 0.29) is 0 Å². The third-order valence-electron chi connectivity index (χ3n) is 2.98. The Labute approximate surface area is 103 Å². The maximum Gasteiger partial charge on any atom is 0.225 e. The van der Waals surface area contributed by atoms with Gasteiger partial charge in [-0.1, -0.05) is 0 Å². The Morgan fingerprint density at radius 3 is 2.73 bits per heavy atom. The Bertz CT molecular complexity index is 330. The van der Waals surface area contributed by atoms with Crippen molar-refractivity contribution in [3.63, 3.8) is 0 Å². The van der Waals surface area contributed by atoms with Gasteiger partial charge in [0.2, 0.25) is 5.95 Å². The molecule has 1 saturated heterocycles. The van der Waals surface area contributed by atoms with E-state index in [2.05, 4.69) is 37.7 Å². The van der Waals surface area contributed by atoms with Crippen molar-refractivity contribution < 1.29 is 0 Å². The molecule has 1 fully saturated rings. The van der Waals surface area contributed by atoms with Gasteiger partial charge < -0.3 is 4.90 Å². The van der Waals surface area contributed by atoms with Crippen molar-refractivity contribution in [2.75, 3.05) is 17.3 Å². The standard InChI is InChI=1S/C10H13BrClN3/c1-7-8(4-12)2-3-15(7)10-13-5-9(11)6-14-10/h5-8H,2-4H2,1H3. The lowest BCUT2D eigenvalue weighted by atomic mass is 10.1. The van der Waals surface area contributed by atoms with Crippen molar-refractivity contribution in [2.45, 2.75) is 19.4 Å². The SMILES string of the molecule is CC1C(CCl)CCN1c1ncc(Br)cn1. The predicted molar refractivity (Wildman–Crippen MR) is 65.4 cm³/mol. The van der Waals surface area contributed by atoms with Gasteiger partial charge in [0.25, 0.3) is 0 Å². The molecule has 2 rings (SSSR count). The van der Waals surface area contributed by atoms with E-state index in [1.807, 2.05) is 0 Å². The number of rotatable bonds is 2. The van der Waals surface area contributed by atoms with Crippen LogP contribution in [0.5, 0.6) is 0 Å². The number of hydrogen-bond donors (Lipinski definition) is 0. The van der Waals surface area contributed by atoms with Crippen LogP contribution in [0.15, 0.2) is 16.9 Å². The Morgan fingerprint density at radius 1 is 1.53 bits per heavy atom. The number of hydrogen-bond acceptors (Lipinski definition) is 3. The van der Waals surface area contributed by atoms with E-state index in [1.54, 1.807) is 12.4 Å². The molecule has 0 saturated carbocycles. The van der Waals surface area contributed by atoms with Crippen LogP contribution >= 0.6 is 27.5 Å². The summed E-state index contributed by atoms with van der Waals surface area (Å²) >= 11 is 9.24. The van der Waals surface area contributed by atoms with Crippen molar-refractivity contribution in [1.29, 1.82) is 0 Å². The summed E-state index contributed by atoms with van der Waals surface area (Å²) in [6.07, 6.45) is 4.69. The molecule has 0 aliphatic carbocycles. The van der Waals surface area contributed by atoms with Crippen LogP contribution in [0, 0.1) is 5.92 Å². The molecule has 15 heavy (non-hydrogen) atoms. The summed E-state index contributed by atoms with van der Waals surface area (Å²) in [5.74, 6) is 2.08. The first kappa shape index (κ1) is 11.1. The van der Waals surface area contributed by atoms with Gasteiger partial charge in [-0.2, -0.15) is 0 Å². The van der Waals surface area contributed by atoms with Crippen LogP contribution in [0.4, 0.5) is 5.95 Å². The van der Waals surface area contributed by atoms with Crippen molar-refractivity contribution in [2.24, 2.45) is 5.92 Å². The summed E-state index contributed by atoms with van der Waals surface area (Å²) in [7, 11) is 0. The lowest BCUT2D eigenvalue weighted by molar-refractivity contribution is 0.548. The average Bonchev–Trinajstić information content (AvgIpc) is 2.61. The van der Waals surface area contributed by atoms with Gasteiger partial charge in [0.15, 0.2) is 0 Å². The molecule has 5 heteroatoms. The number of nitrogens with zero attached hydrogens (tertiary/aromatic N) is 3. The third kappa shape index (κ3) is 2.26. The molecule has 2 atom stereocenters. The number of anilines is 1. The highest BCUT2D eigenvalue weighted by molar-refractivity contribution is 9.10. The Morgan fingerprint density at radius 2 is 2.20 bits per heavy atom. The number of halogens is 2. The van der Waals surface area contributed by atoms with Gasteiger partial charge in [0.05, 0.1) is 4.47 Å². The van der Waals surface area contributed by atoms with Gasteiger partial charge >= 0.3 is 0 Å². The first-order valence-electron chi connectivity index (χ1n) is 5.02. The van der Waals surface area contributed by atoms with Crippen molar-refractivity contribution in [1.82, 2.24) is 9.97 Å². The fourth-order valence-corrected chi connectivity index (χ4v) is 2.56. The van der Waals surface area contributed by atoms with Crippen LogP contribution in [0.2, 0.25) is 0 Å². The highest BCUT2D eigenvalue weighted by Crippen LogP contribution is 2.28. The molecule has 0 N–H and O–H groups in total. The van der Waals surface area contributed by atoms with Crippen LogP contribution in [0.25, 0.3) is 0 Å². The highest BCUT2D eigenvalue weighted by Gasteiger charge is 2.31. The van der Waals surface area contributed by atoms with E-state index in [0.29, 0.717) is 17.8 Å². The van der Waals surface area contributed by atoms with E-state index in [1.165, 1.54) is 0 Å². The van der Waals surface area contributed by atoms with Gasteiger partial charge in [-0.25, -0.2) is 9.97 Å². The zero-order chi connectivity index (χ0) is 10.8. The maximum absolute atomic E-state index is 5.91. The monoisotopic (exact) mass is 289 g/mol. The molecule has 82 valence electrons. The van der Waals surface area contributed by atoms with Crippen LogP contribution < -0.4 is 4.90 Å². The molecular formula is C10H13BrClN3. The second-order valence-electron chi connectivity index (χ2n) is 3.84. The third-order valence-corrected chi connectivity index (χ3v) is 3.78. The van der Waals surface area contributed by atoms with Crippen LogP contribution in [0.3, 0.4) is 0 Å². The molecule has 1 aromatic heterocycles. The fourth-order valence-electron chi connectivity index (χ4n) is 1.95. The fraction of sp³-hybridized carbons (Fsp3) is 0.600. The van der Waals surface area contributed by atoms with E-state index < -0.39 is 0 Å². The normalized spacial score (nSPS) is 25.9. The zero-order valence-electron chi connectivity index (χ0n) is 8.53. The zero-order valence-corrected chi connectivity index (χ0v) is 10.9. The van der Waals surface area contributed by atoms with Gasteiger partial charge in [0, 0.05) is 30.9 Å². The Hall–Kier alpha value is -0.350. The van der Waals surface area contributed by atoms with E-state index in [0.717, 1.165) is 23.4 Å². The lowest BCUT2D eigenvalue weighted by Crippen LogP contribution is -2.31. The minimum Gasteiger partial charge on any atom is -0.338 e. The molecule has 1 aliphatic heterocycles. The second kappa shape index (κ2) is 4.66. The smallest absolute Gasteiger partial charge is 0.225 e. The van der Waals surface area contributed by atoms with E-state index in [9.17, 15) is 0 Å². The van der Waals surface area contributed by atoms with Crippen molar-refractivity contribution in [3.05, 3.63) is 16.9 Å². The molecule has 1 aromatic rings. The topological polar surface area (TPSA) is 29.0 Å². The molecule has 0 aromatic carbocycles. The molecule has 2 heterocycles. The van der Waals surface area contributed by atoms with Crippen LogP contribution in [0.1, 0.15) is 13.3 Å². The summed E-state index contributed by atoms with van der Waals surface area (Å²) in [5.41, 5.74) is 0. The summed E-state index contributed by atoms with van der Waals surface area (Å²) in [4.78, 5) is 10.8. The first-order chi connectivity index (χ1) is 7.22. The van der Waals surface area contributed by atoms with Gasteiger partial charge in [-0.3, -0.25) is 0 Å². The average molecular weight is 291 g/mol. The molecule has 0 amide bonds. The summed E-state index contributed by atoms with van der Waals surface area (Å²) in [6, 6.07) is 0.434. The molecule has 2 unspecified atom stereocenters. The summed E-state index contributed by atoms with van der Waals surface area (Å²) < 4.78 is 0.909. The molecule has 0 bridgehead atoms. The van der Waals surface area contributed by atoms with Crippen molar-refractivity contribution in [3.8, 4) is 0 Å². The molecule has 1 aliphatic rings. The number of aromatic nitrogens is 2. The van der Waals surface area contributed by atoms with Gasteiger partial charge in [-0.05, 0) is 35.2 Å². The second-order valence-corrected chi connectivity index (χ2v) is 5.06.